The van der Waals surface area contributed by atoms with Gasteiger partial charge in [-0.15, -0.1) is 0 Å². The Hall–Kier alpha value is -3.28. The number of nitrogens with zero attached hydrogens (tertiary/aromatic N) is 4. The fraction of sp³-hybridized carbons (Fsp3) is 0.304. The highest BCUT2D eigenvalue weighted by atomic mass is 16.5. The molecule has 0 amide bonds. The highest BCUT2D eigenvalue weighted by Crippen LogP contribution is 2.18. The molecular formula is C23H29N5O. The number of ether oxygens (including phenoxy) is 1. The molecule has 152 valence electrons. The molecule has 1 heterocycles. The second-order valence-electron chi connectivity index (χ2n) is 6.85. The lowest BCUT2D eigenvalue weighted by molar-refractivity contribution is 0.396. The lowest BCUT2D eigenvalue weighted by Crippen LogP contribution is -2.39. The Labute approximate surface area is 172 Å². The van der Waals surface area contributed by atoms with Crippen molar-refractivity contribution in [1.29, 1.82) is 0 Å². The van der Waals surface area contributed by atoms with Crippen LogP contribution in [0, 0.1) is 0 Å². The predicted octanol–water partition coefficient (Wildman–Crippen LogP) is 3.19. The predicted molar refractivity (Wildman–Crippen MR) is 117 cm³/mol. The van der Waals surface area contributed by atoms with Crippen molar-refractivity contribution in [3.05, 3.63) is 83.9 Å². The summed E-state index contributed by atoms with van der Waals surface area (Å²) in [5.74, 6) is 2.79. The van der Waals surface area contributed by atoms with Gasteiger partial charge in [0.1, 0.15) is 11.6 Å². The molecule has 0 bridgehead atoms. The van der Waals surface area contributed by atoms with Gasteiger partial charge in [0.15, 0.2) is 5.96 Å². The first-order valence-electron chi connectivity index (χ1n) is 9.79. The number of hydrogen-bond acceptors (Lipinski definition) is 3. The zero-order valence-electron chi connectivity index (χ0n) is 17.4. The molecular weight excluding hydrogens is 362 g/mol. The minimum absolute atomic E-state index is 0.715. The number of rotatable bonds is 8. The third kappa shape index (κ3) is 5.60. The third-order valence-corrected chi connectivity index (χ3v) is 4.80. The van der Waals surface area contributed by atoms with Crippen LogP contribution in [0.2, 0.25) is 0 Å². The first-order valence-corrected chi connectivity index (χ1v) is 9.79. The van der Waals surface area contributed by atoms with Crippen LogP contribution in [-0.2, 0) is 19.5 Å². The minimum Gasteiger partial charge on any atom is -0.496 e. The van der Waals surface area contributed by atoms with Crippen molar-refractivity contribution in [2.75, 3.05) is 27.7 Å². The number of para-hydroxylation sites is 1. The van der Waals surface area contributed by atoms with Gasteiger partial charge >= 0.3 is 0 Å². The van der Waals surface area contributed by atoms with Crippen LogP contribution in [0.3, 0.4) is 0 Å². The van der Waals surface area contributed by atoms with Crippen LogP contribution in [0.15, 0.2) is 72.0 Å². The van der Waals surface area contributed by atoms with Crippen molar-refractivity contribution in [2.24, 2.45) is 4.99 Å². The molecule has 0 unspecified atom stereocenters. The first-order chi connectivity index (χ1) is 14.2. The van der Waals surface area contributed by atoms with Crippen LogP contribution in [-0.4, -0.2) is 48.2 Å². The van der Waals surface area contributed by atoms with Crippen LogP contribution in [0.5, 0.6) is 5.75 Å². The molecule has 0 aliphatic carbocycles. The molecule has 0 aliphatic rings. The molecule has 3 rings (SSSR count). The summed E-state index contributed by atoms with van der Waals surface area (Å²) in [5.41, 5.74) is 2.39. The molecule has 0 saturated heterocycles. The number of methoxy groups -OCH3 is 1. The molecule has 0 radical (unpaired) electrons. The Morgan fingerprint density at radius 2 is 1.90 bits per heavy atom. The number of aliphatic imine (C=N–C) groups is 1. The van der Waals surface area contributed by atoms with Gasteiger partial charge in [-0.2, -0.15) is 0 Å². The van der Waals surface area contributed by atoms with Crippen LogP contribution >= 0.6 is 0 Å². The van der Waals surface area contributed by atoms with Crippen molar-refractivity contribution < 1.29 is 4.74 Å². The molecule has 1 aromatic heterocycles. The molecule has 0 atom stereocenters. The van der Waals surface area contributed by atoms with Gasteiger partial charge in [0.05, 0.1) is 7.11 Å². The molecule has 29 heavy (non-hydrogen) atoms. The first kappa shape index (κ1) is 20.5. The van der Waals surface area contributed by atoms with E-state index in [1.807, 2.05) is 43.7 Å². The minimum atomic E-state index is 0.715. The van der Waals surface area contributed by atoms with Gasteiger partial charge < -0.3 is 19.5 Å². The average Bonchev–Trinajstić information content (AvgIpc) is 3.19. The molecule has 3 aromatic rings. The Morgan fingerprint density at radius 3 is 2.66 bits per heavy atom. The molecule has 0 spiro atoms. The van der Waals surface area contributed by atoms with E-state index in [1.165, 1.54) is 5.56 Å². The summed E-state index contributed by atoms with van der Waals surface area (Å²) in [6, 6.07) is 18.5. The van der Waals surface area contributed by atoms with Crippen molar-refractivity contribution >= 4 is 5.96 Å². The summed E-state index contributed by atoms with van der Waals surface area (Å²) >= 11 is 0. The van der Waals surface area contributed by atoms with Crippen LogP contribution in [0.4, 0.5) is 0 Å². The standard InChI is InChI=1S/C23H29N5O/c1-24-23(27(2)18-20-11-7-8-12-21(20)29-3)26-14-13-22-25-15-16-28(22)17-19-9-5-4-6-10-19/h4-12,15-16H,13-14,17-18H2,1-3H3,(H,24,26). The number of benzene rings is 2. The van der Waals surface area contributed by atoms with Crippen LogP contribution in [0.1, 0.15) is 17.0 Å². The Bertz CT molecular complexity index is 920. The summed E-state index contributed by atoms with van der Waals surface area (Å²) < 4.78 is 7.65. The molecule has 2 aromatic carbocycles. The smallest absolute Gasteiger partial charge is 0.193 e. The molecule has 6 nitrogen and oxygen atoms in total. The van der Waals surface area contributed by atoms with Gasteiger partial charge in [-0.25, -0.2) is 4.98 Å². The lowest BCUT2D eigenvalue weighted by Gasteiger charge is -2.23. The maximum atomic E-state index is 5.45. The van der Waals surface area contributed by atoms with E-state index in [4.69, 9.17) is 4.74 Å². The van der Waals surface area contributed by atoms with Crippen molar-refractivity contribution in [3.63, 3.8) is 0 Å². The zero-order valence-corrected chi connectivity index (χ0v) is 17.4. The van der Waals surface area contributed by atoms with E-state index in [1.54, 1.807) is 14.2 Å². The van der Waals surface area contributed by atoms with E-state index >= 15 is 0 Å². The van der Waals surface area contributed by atoms with Gasteiger partial charge in [-0.3, -0.25) is 4.99 Å². The number of hydrogen-bond donors (Lipinski definition) is 1. The van der Waals surface area contributed by atoms with E-state index in [9.17, 15) is 0 Å². The van der Waals surface area contributed by atoms with Crippen LogP contribution < -0.4 is 10.1 Å². The van der Waals surface area contributed by atoms with Gasteiger partial charge in [0.25, 0.3) is 0 Å². The fourth-order valence-electron chi connectivity index (χ4n) is 3.33. The highest BCUT2D eigenvalue weighted by molar-refractivity contribution is 5.79. The number of aromatic nitrogens is 2. The molecule has 0 fully saturated rings. The maximum Gasteiger partial charge on any atom is 0.193 e. The molecule has 0 saturated carbocycles. The highest BCUT2D eigenvalue weighted by Gasteiger charge is 2.10. The van der Waals surface area contributed by atoms with Crippen LogP contribution in [0.25, 0.3) is 0 Å². The second kappa shape index (κ2) is 10.3. The summed E-state index contributed by atoms with van der Waals surface area (Å²) in [5, 5.41) is 3.44. The van der Waals surface area contributed by atoms with E-state index in [-0.39, 0.29) is 0 Å². The lowest BCUT2D eigenvalue weighted by atomic mass is 10.2. The van der Waals surface area contributed by atoms with E-state index in [0.717, 1.165) is 42.6 Å². The van der Waals surface area contributed by atoms with Crippen molar-refractivity contribution in [1.82, 2.24) is 19.8 Å². The third-order valence-electron chi connectivity index (χ3n) is 4.80. The SMILES string of the molecule is CN=C(NCCc1nccn1Cc1ccccc1)N(C)Cc1ccccc1OC. The molecule has 1 N–H and O–H groups in total. The fourth-order valence-corrected chi connectivity index (χ4v) is 3.33. The Morgan fingerprint density at radius 1 is 1.14 bits per heavy atom. The summed E-state index contributed by atoms with van der Waals surface area (Å²) in [7, 11) is 5.53. The van der Waals surface area contributed by atoms with Gasteiger partial charge in [-0.05, 0) is 11.6 Å². The number of nitrogens with one attached hydrogen (secondary N) is 1. The van der Waals surface area contributed by atoms with E-state index in [0.29, 0.717) is 6.54 Å². The number of imidazole rings is 1. The summed E-state index contributed by atoms with van der Waals surface area (Å²) in [6.45, 7) is 2.31. The molecule has 6 heteroatoms. The zero-order chi connectivity index (χ0) is 20.5. The Kier molecular flexibility index (Phi) is 7.28. The normalized spacial score (nSPS) is 11.3. The van der Waals surface area contributed by atoms with E-state index < -0.39 is 0 Å². The van der Waals surface area contributed by atoms with Gasteiger partial charge in [0.2, 0.25) is 0 Å². The van der Waals surface area contributed by atoms with Gasteiger partial charge in [0, 0.05) is 58.1 Å². The monoisotopic (exact) mass is 391 g/mol. The Balaban J connectivity index is 1.55. The number of guanidine groups is 1. The average molecular weight is 392 g/mol. The maximum absolute atomic E-state index is 5.45. The summed E-state index contributed by atoms with van der Waals surface area (Å²) in [6.07, 6.45) is 4.72. The van der Waals surface area contributed by atoms with Crippen molar-refractivity contribution in [2.45, 2.75) is 19.5 Å². The molecule has 0 aliphatic heterocycles. The topological polar surface area (TPSA) is 54.7 Å². The van der Waals surface area contributed by atoms with Gasteiger partial charge in [-0.1, -0.05) is 48.5 Å². The summed E-state index contributed by atoms with van der Waals surface area (Å²) in [4.78, 5) is 11.0. The quantitative estimate of drug-likeness (QED) is 0.473. The van der Waals surface area contributed by atoms with E-state index in [2.05, 4.69) is 55.1 Å². The second-order valence-corrected chi connectivity index (χ2v) is 6.85. The largest absolute Gasteiger partial charge is 0.496 e. The van der Waals surface area contributed by atoms with Crippen molar-refractivity contribution in [3.8, 4) is 5.75 Å².